The zero-order chi connectivity index (χ0) is 18.4. The summed E-state index contributed by atoms with van der Waals surface area (Å²) < 4.78 is 5.57. The van der Waals surface area contributed by atoms with Crippen LogP contribution in [0, 0.1) is 5.92 Å². The lowest BCUT2D eigenvalue weighted by molar-refractivity contribution is -0.132. The van der Waals surface area contributed by atoms with Crippen molar-refractivity contribution in [3.63, 3.8) is 0 Å². The van der Waals surface area contributed by atoms with E-state index in [1.165, 1.54) is 12.1 Å². The van der Waals surface area contributed by atoms with Crippen LogP contribution in [0.25, 0.3) is 0 Å². The Bertz CT molecular complexity index is 734. The lowest BCUT2D eigenvalue weighted by Crippen LogP contribution is -2.40. The number of piperidine rings is 1. The topological polar surface area (TPSA) is 66.8 Å². The monoisotopic (exact) mass is 353 g/mol. The zero-order valence-corrected chi connectivity index (χ0v) is 14.6. The minimum absolute atomic E-state index is 0.0656. The minimum atomic E-state index is -0.0656. The zero-order valence-electron chi connectivity index (χ0n) is 14.6. The summed E-state index contributed by atoms with van der Waals surface area (Å²) in [7, 11) is 0. The van der Waals surface area contributed by atoms with Crippen molar-refractivity contribution < 1.29 is 19.4 Å². The van der Waals surface area contributed by atoms with Crippen LogP contribution >= 0.6 is 0 Å². The van der Waals surface area contributed by atoms with Gasteiger partial charge in [-0.15, -0.1) is 0 Å². The van der Waals surface area contributed by atoms with Gasteiger partial charge in [0, 0.05) is 24.6 Å². The summed E-state index contributed by atoms with van der Waals surface area (Å²) in [5.74, 6) is 1.00. The number of ether oxygens (including phenoxy) is 1. The van der Waals surface area contributed by atoms with Gasteiger partial charge in [-0.2, -0.15) is 0 Å². The van der Waals surface area contributed by atoms with Gasteiger partial charge in [-0.25, -0.2) is 0 Å². The molecule has 5 nitrogen and oxygen atoms in total. The first-order valence-corrected chi connectivity index (χ1v) is 8.92. The van der Waals surface area contributed by atoms with E-state index < -0.39 is 0 Å². The highest BCUT2D eigenvalue weighted by molar-refractivity contribution is 5.98. The quantitative estimate of drug-likeness (QED) is 0.810. The molecule has 0 aliphatic carbocycles. The number of carbonyl (C=O) groups is 2. The highest BCUT2D eigenvalue weighted by Gasteiger charge is 2.27. The summed E-state index contributed by atoms with van der Waals surface area (Å²) >= 11 is 0. The largest absolute Gasteiger partial charge is 0.508 e. The maximum Gasteiger partial charge on any atom is 0.225 e. The maximum atomic E-state index is 12.5. The van der Waals surface area contributed by atoms with Crippen molar-refractivity contribution in [1.82, 2.24) is 4.90 Å². The van der Waals surface area contributed by atoms with Gasteiger partial charge in [-0.1, -0.05) is 18.2 Å². The Morgan fingerprint density at radius 1 is 1.00 bits per heavy atom. The van der Waals surface area contributed by atoms with Crippen molar-refractivity contribution in [3.05, 3.63) is 60.2 Å². The van der Waals surface area contributed by atoms with Gasteiger partial charge in [0.15, 0.2) is 5.78 Å². The number of aromatic hydroxyl groups is 1. The normalized spacial score (nSPS) is 14.8. The number of amides is 1. The predicted octanol–water partition coefficient (Wildman–Crippen LogP) is 3.28. The third-order valence-corrected chi connectivity index (χ3v) is 4.70. The molecule has 1 N–H and O–H groups in total. The molecule has 0 unspecified atom stereocenters. The Morgan fingerprint density at radius 2 is 1.65 bits per heavy atom. The van der Waals surface area contributed by atoms with Crippen LogP contribution in [0.4, 0.5) is 0 Å². The first-order valence-electron chi connectivity index (χ1n) is 8.92. The number of ketones is 1. The molecule has 0 atom stereocenters. The molecule has 1 heterocycles. The van der Waals surface area contributed by atoms with E-state index in [1.807, 2.05) is 35.2 Å². The van der Waals surface area contributed by atoms with E-state index in [9.17, 15) is 14.7 Å². The van der Waals surface area contributed by atoms with E-state index in [4.69, 9.17) is 4.74 Å². The number of phenolic OH excluding ortho intramolecular Hbond substituents is 1. The van der Waals surface area contributed by atoms with E-state index in [-0.39, 0.29) is 23.4 Å². The molecule has 26 heavy (non-hydrogen) atoms. The number of rotatable bonds is 6. The minimum Gasteiger partial charge on any atom is -0.508 e. The number of nitrogens with zero attached hydrogens (tertiary/aromatic N) is 1. The van der Waals surface area contributed by atoms with E-state index >= 15 is 0 Å². The summed E-state index contributed by atoms with van der Waals surface area (Å²) in [5, 5.41) is 9.32. The molecule has 1 amide bonds. The molecule has 1 saturated heterocycles. The van der Waals surface area contributed by atoms with Gasteiger partial charge in [0.2, 0.25) is 5.91 Å². The first-order chi connectivity index (χ1) is 12.6. The van der Waals surface area contributed by atoms with Crippen molar-refractivity contribution >= 4 is 11.7 Å². The molecule has 2 aromatic rings. The van der Waals surface area contributed by atoms with E-state index in [1.54, 1.807) is 12.1 Å². The van der Waals surface area contributed by atoms with Crippen LogP contribution in [0.15, 0.2) is 54.6 Å². The average molecular weight is 353 g/mol. The van der Waals surface area contributed by atoms with E-state index in [0.717, 1.165) is 5.75 Å². The van der Waals surface area contributed by atoms with Gasteiger partial charge in [-0.3, -0.25) is 9.59 Å². The third-order valence-electron chi connectivity index (χ3n) is 4.70. The van der Waals surface area contributed by atoms with Crippen molar-refractivity contribution in [2.24, 2.45) is 5.92 Å². The van der Waals surface area contributed by atoms with E-state index in [0.29, 0.717) is 44.5 Å². The number of hydrogen-bond donors (Lipinski definition) is 1. The average Bonchev–Trinajstić information content (AvgIpc) is 2.69. The summed E-state index contributed by atoms with van der Waals surface area (Å²) in [6.45, 7) is 1.55. The Labute approximate surface area is 153 Å². The van der Waals surface area contributed by atoms with Gasteiger partial charge >= 0.3 is 0 Å². The van der Waals surface area contributed by atoms with Crippen LogP contribution in [0.5, 0.6) is 11.5 Å². The van der Waals surface area contributed by atoms with Gasteiger partial charge in [0.1, 0.15) is 11.5 Å². The molecular formula is C21H23NO4. The smallest absolute Gasteiger partial charge is 0.225 e. The number of hydrogen-bond acceptors (Lipinski definition) is 4. The highest BCUT2D eigenvalue weighted by atomic mass is 16.5. The van der Waals surface area contributed by atoms with Crippen LogP contribution in [0.2, 0.25) is 0 Å². The van der Waals surface area contributed by atoms with Crippen molar-refractivity contribution in [2.45, 2.75) is 19.3 Å². The first kappa shape index (κ1) is 18.0. The summed E-state index contributed by atoms with van der Waals surface area (Å²) in [6.07, 6.45) is 1.68. The number of benzene rings is 2. The molecule has 1 aliphatic rings. The molecule has 3 rings (SSSR count). The molecule has 0 saturated carbocycles. The molecule has 0 spiro atoms. The number of carbonyl (C=O) groups excluding carboxylic acids is 2. The molecular weight excluding hydrogens is 330 g/mol. The van der Waals surface area contributed by atoms with Gasteiger partial charge in [-0.05, 0) is 49.2 Å². The molecule has 1 fully saturated rings. The van der Waals surface area contributed by atoms with Gasteiger partial charge in [0.25, 0.3) is 0 Å². The number of phenols is 1. The van der Waals surface area contributed by atoms with E-state index in [2.05, 4.69) is 0 Å². The molecule has 0 radical (unpaired) electrons. The fourth-order valence-electron chi connectivity index (χ4n) is 3.18. The molecule has 136 valence electrons. The van der Waals surface area contributed by atoms with Crippen LogP contribution in [0.3, 0.4) is 0 Å². The second-order valence-electron chi connectivity index (χ2n) is 6.48. The number of Topliss-reactive ketones (excluding diaryl/α,β-unsaturated/α-hetero) is 1. The SMILES string of the molecule is O=C(c1ccc(O)cc1)C1CCN(C(=O)CCOc2ccccc2)CC1. The molecule has 5 heteroatoms. The summed E-state index contributed by atoms with van der Waals surface area (Å²) in [4.78, 5) is 26.6. The molecule has 0 aromatic heterocycles. The van der Waals surface area contributed by atoms with Crippen LogP contribution < -0.4 is 4.74 Å². The molecule has 0 bridgehead atoms. The van der Waals surface area contributed by atoms with Gasteiger partial charge in [0.05, 0.1) is 13.0 Å². The fraction of sp³-hybridized carbons (Fsp3) is 0.333. The Morgan fingerprint density at radius 3 is 2.31 bits per heavy atom. The standard InChI is InChI=1S/C21H23NO4/c23-18-8-6-16(7-9-18)21(25)17-10-13-22(14-11-17)20(24)12-15-26-19-4-2-1-3-5-19/h1-9,17,23H,10-15H2. The van der Waals surface area contributed by atoms with Crippen LogP contribution in [-0.4, -0.2) is 41.4 Å². The summed E-state index contributed by atoms with van der Waals surface area (Å²) in [6, 6.07) is 15.8. The predicted molar refractivity (Wildman–Crippen MR) is 98.3 cm³/mol. The lowest BCUT2D eigenvalue weighted by Gasteiger charge is -2.31. The highest BCUT2D eigenvalue weighted by Crippen LogP contribution is 2.23. The Balaban J connectivity index is 1.43. The molecule has 2 aromatic carbocycles. The van der Waals surface area contributed by atoms with Crippen molar-refractivity contribution in [1.29, 1.82) is 0 Å². The van der Waals surface area contributed by atoms with Crippen molar-refractivity contribution in [2.75, 3.05) is 19.7 Å². The molecule has 1 aliphatic heterocycles. The Hall–Kier alpha value is -2.82. The van der Waals surface area contributed by atoms with Gasteiger partial charge < -0.3 is 14.7 Å². The number of likely N-dealkylation sites (tertiary alicyclic amines) is 1. The van der Waals surface area contributed by atoms with Crippen LogP contribution in [0.1, 0.15) is 29.6 Å². The summed E-state index contributed by atoms with van der Waals surface area (Å²) in [5.41, 5.74) is 0.615. The second-order valence-corrected chi connectivity index (χ2v) is 6.48. The lowest BCUT2D eigenvalue weighted by atomic mass is 9.89. The number of para-hydroxylation sites is 1. The maximum absolute atomic E-state index is 12.5. The van der Waals surface area contributed by atoms with Crippen molar-refractivity contribution in [3.8, 4) is 11.5 Å². The Kier molecular flexibility index (Phi) is 5.89. The second kappa shape index (κ2) is 8.52. The van der Waals surface area contributed by atoms with Crippen LogP contribution in [-0.2, 0) is 4.79 Å². The third kappa shape index (κ3) is 4.63. The fourth-order valence-corrected chi connectivity index (χ4v) is 3.18.